The minimum absolute atomic E-state index is 0.788. The zero-order valence-corrected chi connectivity index (χ0v) is 11.2. The van der Waals surface area contributed by atoms with Crippen molar-refractivity contribution >= 4 is 17.3 Å². The second-order valence-electron chi connectivity index (χ2n) is 4.76. The SMILES string of the molecule is Nc1ccc(C2=CC=CCC2=Cc2ccccn2)cc1. The molecule has 2 aromatic rings. The quantitative estimate of drug-likeness (QED) is 0.826. The van der Waals surface area contributed by atoms with E-state index in [0.29, 0.717) is 0 Å². The Morgan fingerprint density at radius 3 is 2.65 bits per heavy atom. The van der Waals surface area contributed by atoms with Crippen molar-refractivity contribution in [3.8, 4) is 0 Å². The van der Waals surface area contributed by atoms with E-state index in [1.54, 1.807) is 0 Å². The molecule has 0 bridgehead atoms. The Kier molecular flexibility index (Phi) is 3.46. The first-order valence-corrected chi connectivity index (χ1v) is 6.68. The van der Waals surface area contributed by atoms with E-state index in [0.717, 1.165) is 17.8 Å². The van der Waals surface area contributed by atoms with Gasteiger partial charge in [0.25, 0.3) is 0 Å². The molecule has 1 aliphatic rings. The number of hydrogen-bond acceptors (Lipinski definition) is 2. The van der Waals surface area contributed by atoms with Gasteiger partial charge in [-0.05, 0) is 53.5 Å². The van der Waals surface area contributed by atoms with Gasteiger partial charge in [0.2, 0.25) is 0 Å². The van der Waals surface area contributed by atoms with E-state index in [-0.39, 0.29) is 0 Å². The monoisotopic (exact) mass is 260 g/mol. The molecule has 2 heteroatoms. The lowest BCUT2D eigenvalue weighted by Gasteiger charge is -2.14. The van der Waals surface area contributed by atoms with Crippen LogP contribution < -0.4 is 5.73 Å². The molecule has 0 fully saturated rings. The predicted molar refractivity (Wildman–Crippen MR) is 84.8 cm³/mol. The van der Waals surface area contributed by atoms with Gasteiger partial charge in [-0.15, -0.1) is 0 Å². The average molecular weight is 260 g/mol. The smallest absolute Gasteiger partial charge is 0.0632 e. The molecule has 1 aliphatic carbocycles. The topological polar surface area (TPSA) is 38.9 Å². The Morgan fingerprint density at radius 1 is 1.05 bits per heavy atom. The maximum absolute atomic E-state index is 5.76. The molecule has 2 nitrogen and oxygen atoms in total. The van der Waals surface area contributed by atoms with Gasteiger partial charge in [0, 0.05) is 11.9 Å². The van der Waals surface area contributed by atoms with Crippen LogP contribution in [0.1, 0.15) is 17.7 Å². The van der Waals surface area contributed by atoms with Crippen molar-refractivity contribution in [1.82, 2.24) is 4.98 Å². The highest BCUT2D eigenvalue weighted by Gasteiger charge is 2.09. The maximum atomic E-state index is 5.76. The van der Waals surface area contributed by atoms with Gasteiger partial charge in [-0.2, -0.15) is 0 Å². The van der Waals surface area contributed by atoms with Gasteiger partial charge in [-0.3, -0.25) is 4.98 Å². The van der Waals surface area contributed by atoms with E-state index in [9.17, 15) is 0 Å². The first kappa shape index (κ1) is 12.4. The molecule has 0 saturated heterocycles. The number of nitrogen functional groups attached to an aromatic ring is 1. The molecule has 2 N–H and O–H groups in total. The molecule has 3 rings (SSSR count). The number of allylic oxidation sites excluding steroid dienone is 5. The molecule has 1 aromatic heterocycles. The summed E-state index contributed by atoms with van der Waals surface area (Å²) in [4.78, 5) is 4.37. The number of benzene rings is 1. The summed E-state index contributed by atoms with van der Waals surface area (Å²) in [7, 11) is 0. The summed E-state index contributed by atoms with van der Waals surface area (Å²) in [6, 6.07) is 14.0. The summed E-state index contributed by atoms with van der Waals surface area (Å²) in [5, 5.41) is 0. The van der Waals surface area contributed by atoms with Gasteiger partial charge < -0.3 is 5.73 Å². The fourth-order valence-corrected chi connectivity index (χ4v) is 2.30. The van der Waals surface area contributed by atoms with Crippen LogP contribution >= 0.6 is 0 Å². The molecule has 0 unspecified atom stereocenters. The van der Waals surface area contributed by atoms with Crippen LogP contribution in [0.15, 0.2) is 72.5 Å². The minimum atomic E-state index is 0.788. The van der Waals surface area contributed by atoms with Crippen LogP contribution in [0.3, 0.4) is 0 Å². The molecular weight excluding hydrogens is 244 g/mol. The lowest BCUT2D eigenvalue weighted by Crippen LogP contribution is -1.94. The van der Waals surface area contributed by atoms with E-state index in [1.165, 1.54) is 16.7 Å². The molecule has 0 amide bonds. The fourth-order valence-electron chi connectivity index (χ4n) is 2.30. The Morgan fingerprint density at radius 2 is 1.90 bits per heavy atom. The van der Waals surface area contributed by atoms with Gasteiger partial charge in [0.05, 0.1) is 5.69 Å². The first-order valence-electron chi connectivity index (χ1n) is 6.68. The number of hydrogen-bond donors (Lipinski definition) is 1. The summed E-state index contributed by atoms with van der Waals surface area (Å²) < 4.78 is 0. The molecular formula is C18H16N2. The van der Waals surface area contributed by atoms with Gasteiger partial charge in [-0.1, -0.05) is 36.4 Å². The second-order valence-corrected chi connectivity index (χ2v) is 4.76. The van der Waals surface area contributed by atoms with Crippen LogP contribution in [0, 0.1) is 0 Å². The number of anilines is 1. The van der Waals surface area contributed by atoms with Crippen molar-refractivity contribution in [3.63, 3.8) is 0 Å². The van der Waals surface area contributed by atoms with Crippen molar-refractivity contribution < 1.29 is 0 Å². The van der Waals surface area contributed by atoms with Crippen LogP contribution in [0.25, 0.3) is 11.6 Å². The lowest BCUT2D eigenvalue weighted by molar-refractivity contribution is 1.25. The molecule has 0 spiro atoms. The Balaban J connectivity index is 1.99. The van der Waals surface area contributed by atoms with Gasteiger partial charge in [-0.25, -0.2) is 0 Å². The first-order chi connectivity index (χ1) is 9.83. The van der Waals surface area contributed by atoms with Crippen LogP contribution in [0.4, 0.5) is 5.69 Å². The van der Waals surface area contributed by atoms with Crippen molar-refractivity contribution in [2.45, 2.75) is 6.42 Å². The third-order valence-electron chi connectivity index (χ3n) is 3.31. The standard InChI is InChI=1S/C18H16N2/c19-16-10-8-14(9-11-16)18-7-2-1-5-15(18)13-17-6-3-4-12-20-17/h1-4,6-13H,5,19H2. The second kappa shape index (κ2) is 5.57. The molecule has 1 heterocycles. The van der Waals surface area contributed by atoms with Crippen LogP contribution in [-0.4, -0.2) is 4.98 Å². The molecule has 0 aliphatic heterocycles. The number of pyridine rings is 1. The number of nitrogens with zero attached hydrogens (tertiary/aromatic N) is 1. The summed E-state index contributed by atoms with van der Waals surface area (Å²) in [6.45, 7) is 0. The summed E-state index contributed by atoms with van der Waals surface area (Å²) >= 11 is 0. The zero-order chi connectivity index (χ0) is 13.8. The third-order valence-corrected chi connectivity index (χ3v) is 3.31. The highest BCUT2D eigenvalue weighted by molar-refractivity contribution is 5.86. The largest absolute Gasteiger partial charge is 0.399 e. The van der Waals surface area contributed by atoms with Gasteiger partial charge >= 0.3 is 0 Å². The van der Waals surface area contributed by atoms with Gasteiger partial charge in [0.1, 0.15) is 0 Å². The van der Waals surface area contributed by atoms with Crippen molar-refractivity contribution in [1.29, 1.82) is 0 Å². The van der Waals surface area contributed by atoms with Crippen LogP contribution in [0.2, 0.25) is 0 Å². The van der Waals surface area contributed by atoms with Crippen molar-refractivity contribution in [2.24, 2.45) is 0 Å². The van der Waals surface area contributed by atoms with E-state index < -0.39 is 0 Å². The maximum Gasteiger partial charge on any atom is 0.0632 e. The number of rotatable bonds is 2. The van der Waals surface area contributed by atoms with Crippen LogP contribution in [0.5, 0.6) is 0 Å². The van der Waals surface area contributed by atoms with Crippen molar-refractivity contribution in [3.05, 3.63) is 83.7 Å². The van der Waals surface area contributed by atoms with Crippen molar-refractivity contribution in [2.75, 3.05) is 5.73 Å². The molecule has 0 saturated carbocycles. The Hall–Kier alpha value is -2.61. The highest BCUT2D eigenvalue weighted by atomic mass is 14.6. The molecule has 0 radical (unpaired) electrons. The van der Waals surface area contributed by atoms with E-state index in [2.05, 4.69) is 41.4 Å². The summed E-state index contributed by atoms with van der Waals surface area (Å²) in [6.07, 6.45) is 11.3. The average Bonchev–Trinajstić information content (AvgIpc) is 2.50. The normalized spacial score (nSPS) is 16.2. The molecule has 98 valence electrons. The van der Waals surface area contributed by atoms with E-state index in [1.807, 2.05) is 36.5 Å². The fraction of sp³-hybridized carbons (Fsp3) is 0.0556. The lowest BCUT2D eigenvalue weighted by atomic mass is 9.91. The Bertz CT molecular complexity index is 677. The number of nitrogens with two attached hydrogens (primary N) is 1. The predicted octanol–water partition coefficient (Wildman–Crippen LogP) is 4.09. The minimum Gasteiger partial charge on any atom is -0.399 e. The molecule has 20 heavy (non-hydrogen) atoms. The Labute approximate surface area is 119 Å². The molecule has 1 aromatic carbocycles. The summed E-state index contributed by atoms with van der Waals surface area (Å²) in [5.74, 6) is 0. The zero-order valence-electron chi connectivity index (χ0n) is 11.2. The third kappa shape index (κ3) is 2.69. The highest BCUT2D eigenvalue weighted by Crippen LogP contribution is 2.30. The van der Waals surface area contributed by atoms with E-state index in [4.69, 9.17) is 5.73 Å². The van der Waals surface area contributed by atoms with E-state index >= 15 is 0 Å². The van der Waals surface area contributed by atoms with Crippen LogP contribution in [-0.2, 0) is 0 Å². The van der Waals surface area contributed by atoms with Gasteiger partial charge in [0.15, 0.2) is 0 Å². The molecule has 0 atom stereocenters. The summed E-state index contributed by atoms with van der Waals surface area (Å²) in [5.41, 5.74) is 11.2. The number of aromatic nitrogens is 1.